The average molecular weight is 400 g/mol. The van der Waals surface area contributed by atoms with Crippen LogP contribution in [0.25, 0.3) is 0 Å². The lowest BCUT2D eigenvalue weighted by atomic mass is 10.1. The van der Waals surface area contributed by atoms with E-state index >= 15 is 0 Å². The van der Waals surface area contributed by atoms with Crippen molar-refractivity contribution in [2.45, 2.75) is 24.1 Å². The number of carbonyl (C=O) groups is 1. The molecule has 2 unspecified atom stereocenters. The number of aldehydes is 1. The standard InChI is InChI=1S/C18H17ClF3N3O2/c19-14-8-12(2-1-3-17(14)27-7-5-18(20,21)22)9-24-10-13-15(23)4-6-25-16(13)11-26/h2-4,6,8,10-11,14,17,23-24H,5,7,9H2/b13-10+,23-15?. The molecule has 2 rings (SSSR count). The number of halogens is 4. The summed E-state index contributed by atoms with van der Waals surface area (Å²) < 4.78 is 41.8. The Hall–Kier alpha value is -2.41. The van der Waals surface area contributed by atoms with Gasteiger partial charge >= 0.3 is 6.18 Å². The topological polar surface area (TPSA) is 74.5 Å². The number of allylic oxidation sites excluding steroid dienone is 2. The molecule has 1 aliphatic heterocycles. The molecule has 2 N–H and O–H groups in total. The molecule has 0 radical (unpaired) electrons. The van der Waals surface area contributed by atoms with Gasteiger partial charge in [-0.05, 0) is 23.8 Å². The minimum Gasteiger partial charge on any atom is -0.386 e. The van der Waals surface area contributed by atoms with Gasteiger partial charge in [-0.2, -0.15) is 13.2 Å². The van der Waals surface area contributed by atoms with Crippen molar-refractivity contribution in [2.75, 3.05) is 13.2 Å². The third-order valence-corrected chi connectivity index (χ3v) is 3.97. The maximum atomic E-state index is 12.2. The Morgan fingerprint density at radius 1 is 1.44 bits per heavy atom. The van der Waals surface area contributed by atoms with Crippen molar-refractivity contribution in [1.82, 2.24) is 5.32 Å². The van der Waals surface area contributed by atoms with Crippen molar-refractivity contribution in [2.24, 2.45) is 4.99 Å². The van der Waals surface area contributed by atoms with Gasteiger partial charge in [0, 0.05) is 24.5 Å². The van der Waals surface area contributed by atoms with Crippen LogP contribution < -0.4 is 5.32 Å². The van der Waals surface area contributed by atoms with Gasteiger partial charge in [-0.1, -0.05) is 6.08 Å². The van der Waals surface area contributed by atoms with Crippen molar-refractivity contribution in [1.29, 1.82) is 5.41 Å². The van der Waals surface area contributed by atoms with Gasteiger partial charge in [0.05, 0.1) is 24.1 Å². The Morgan fingerprint density at radius 3 is 2.93 bits per heavy atom. The molecule has 9 heteroatoms. The van der Waals surface area contributed by atoms with E-state index in [9.17, 15) is 18.0 Å². The molecule has 0 saturated heterocycles. The highest BCUT2D eigenvalue weighted by Crippen LogP contribution is 2.21. The van der Waals surface area contributed by atoms with Gasteiger partial charge in [-0.25, -0.2) is 0 Å². The first-order valence-corrected chi connectivity index (χ1v) is 8.42. The minimum atomic E-state index is -4.28. The van der Waals surface area contributed by atoms with Gasteiger partial charge in [-0.3, -0.25) is 9.79 Å². The second-order valence-corrected chi connectivity index (χ2v) is 6.17. The highest BCUT2D eigenvalue weighted by molar-refractivity contribution is 6.46. The van der Waals surface area contributed by atoms with Crippen molar-refractivity contribution in [3.63, 3.8) is 0 Å². The van der Waals surface area contributed by atoms with Crippen LogP contribution in [0.4, 0.5) is 13.2 Å². The van der Waals surface area contributed by atoms with Crippen LogP contribution in [0.2, 0.25) is 0 Å². The van der Waals surface area contributed by atoms with E-state index < -0.39 is 30.7 Å². The van der Waals surface area contributed by atoms with Crippen LogP contribution in [-0.2, 0) is 9.53 Å². The summed E-state index contributed by atoms with van der Waals surface area (Å²) in [5, 5.41) is 10.1. The Morgan fingerprint density at radius 2 is 2.22 bits per heavy atom. The van der Waals surface area contributed by atoms with Crippen LogP contribution in [0.15, 0.2) is 58.6 Å². The van der Waals surface area contributed by atoms with Gasteiger partial charge in [-0.15, -0.1) is 17.3 Å². The zero-order valence-corrected chi connectivity index (χ0v) is 14.8. The average Bonchev–Trinajstić information content (AvgIpc) is 2.77. The summed E-state index contributed by atoms with van der Waals surface area (Å²) in [6.07, 6.45) is 3.64. The molecule has 0 aromatic heterocycles. The SMILES string of the molecule is N=C1C=CN=C(C=O)/C1=C/NCC1=CC(Cl)C(OCCC(F)(F)F)C=C=C1. The van der Waals surface area contributed by atoms with E-state index in [1.165, 1.54) is 24.6 Å². The summed E-state index contributed by atoms with van der Waals surface area (Å²) in [6.45, 7) is -0.168. The van der Waals surface area contributed by atoms with Crippen LogP contribution >= 0.6 is 11.6 Å². The van der Waals surface area contributed by atoms with Gasteiger partial charge in [0.1, 0.15) is 11.8 Å². The molecule has 0 saturated carbocycles. The highest BCUT2D eigenvalue weighted by atomic mass is 35.5. The van der Waals surface area contributed by atoms with E-state index in [-0.39, 0.29) is 11.4 Å². The summed E-state index contributed by atoms with van der Waals surface area (Å²) >= 11 is 6.20. The second kappa shape index (κ2) is 9.50. The van der Waals surface area contributed by atoms with Crippen LogP contribution in [0.5, 0.6) is 0 Å². The molecule has 1 heterocycles. The van der Waals surface area contributed by atoms with E-state index in [4.69, 9.17) is 21.7 Å². The fourth-order valence-corrected chi connectivity index (χ4v) is 2.56. The van der Waals surface area contributed by atoms with Crippen molar-refractivity contribution < 1.29 is 22.7 Å². The molecule has 2 atom stereocenters. The molecule has 2 aliphatic rings. The Kier molecular flexibility index (Phi) is 7.36. The first-order chi connectivity index (χ1) is 12.8. The predicted molar refractivity (Wildman–Crippen MR) is 97.2 cm³/mol. The number of aliphatic imine (C=N–C) groups is 1. The fraction of sp³-hybridized carbons (Fsp3) is 0.333. The van der Waals surface area contributed by atoms with Crippen molar-refractivity contribution in [3.8, 4) is 0 Å². The quantitative estimate of drug-likeness (QED) is 0.392. The minimum absolute atomic E-state index is 0.147. The second-order valence-electron chi connectivity index (χ2n) is 5.66. The Bertz CT molecular complexity index is 775. The molecule has 27 heavy (non-hydrogen) atoms. The lowest BCUT2D eigenvalue weighted by molar-refractivity contribution is -0.147. The smallest absolute Gasteiger partial charge is 0.386 e. The zero-order chi connectivity index (χ0) is 19.9. The number of nitrogens with one attached hydrogen (secondary N) is 2. The van der Waals surface area contributed by atoms with Crippen LogP contribution in [0, 0.1) is 5.41 Å². The number of nitrogens with zero attached hydrogens (tertiary/aromatic N) is 1. The molecular formula is C18H17ClF3N3O2. The van der Waals surface area contributed by atoms with E-state index in [1.807, 2.05) is 0 Å². The Labute approximate surface area is 159 Å². The number of ether oxygens (including phenoxy) is 1. The van der Waals surface area contributed by atoms with E-state index in [1.54, 1.807) is 12.2 Å². The lowest BCUT2D eigenvalue weighted by Gasteiger charge is -2.17. The third kappa shape index (κ3) is 6.67. The molecule has 0 bridgehead atoms. The van der Waals surface area contributed by atoms with Gasteiger partial charge < -0.3 is 15.5 Å². The number of rotatable bonds is 7. The third-order valence-electron chi connectivity index (χ3n) is 3.60. The number of carbonyl (C=O) groups excluding carboxylic acids is 1. The first kappa shape index (κ1) is 20.9. The normalized spacial score (nSPS) is 23.9. The maximum absolute atomic E-state index is 12.2. The lowest BCUT2D eigenvalue weighted by Crippen LogP contribution is -2.24. The maximum Gasteiger partial charge on any atom is 0.391 e. The molecule has 1 aliphatic carbocycles. The van der Waals surface area contributed by atoms with E-state index in [2.05, 4.69) is 16.0 Å². The molecule has 0 aromatic rings. The summed E-state index contributed by atoms with van der Waals surface area (Å²) in [4.78, 5) is 14.9. The van der Waals surface area contributed by atoms with Gasteiger partial charge in [0.15, 0.2) is 6.29 Å². The van der Waals surface area contributed by atoms with Crippen molar-refractivity contribution in [3.05, 3.63) is 53.6 Å². The number of hydrogen-bond donors (Lipinski definition) is 2. The molecule has 0 spiro atoms. The summed E-state index contributed by atoms with van der Waals surface area (Å²) in [6, 6.07) is 0. The van der Waals surface area contributed by atoms with Crippen LogP contribution in [-0.4, -0.2) is 48.5 Å². The summed E-state index contributed by atoms with van der Waals surface area (Å²) in [5.41, 5.74) is 4.23. The predicted octanol–water partition coefficient (Wildman–Crippen LogP) is 3.24. The fourth-order valence-electron chi connectivity index (χ4n) is 2.26. The Balaban J connectivity index is 1.94. The molecule has 0 amide bonds. The van der Waals surface area contributed by atoms with Crippen LogP contribution in [0.1, 0.15) is 6.42 Å². The van der Waals surface area contributed by atoms with Crippen molar-refractivity contribution >= 4 is 29.3 Å². The van der Waals surface area contributed by atoms with E-state index in [0.29, 0.717) is 18.4 Å². The first-order valence-electron chi connectivity index (χ1n) is 7.98. The zero-order valence-electron chi connectivity index (χ0n) is 14.1. The summed E-state index contributed by atoms with van der Waals surface area (Å²) in [5.74, 6) is 0. The number of hydrogen-bond acceptors (Lipinski definition) is 5. The van der Waals surface area contributed by atoms with Gasteiger partial charge in [0.25, 0.3) is 0 Å². The van der Waals surface area contributed by atoms with Crippen LogP contribution in [0.3, 0.4) is 0 Å². The molecule has 0 aromatic carbocycles. The molecule has 5 nitrogen and oxygen atoms in total. The molecule has 0 fully saturated rings. The monoisotopic (exact) mass is 399 g/mol. The number of alkyl halides is 4. The summed E-state index contributed by atoms with van der Waals surface area (Å²) in [7, 11) is 0. The largest absolute Gasteiger partial charge is 0.391 e. The van der Waals surface area contributed by atoms with Gasteiger partial charge in [0.2, 0.25) is 0 Å². The van der Waals surface area contributed by atoms with E-state index in [0.717, 1.165) is 5.57 Å². The molecule has 144 valence electrons. The molecular weight excluding hydrogens is 383 g/mol. The highest BCUT2D eigenvalue weighted by Gasteiger charge is 2.28.